The van der Waals surface area contributed by atoms with E-state index in [1.165, 1.54) is 31.4 Å². The van der Waals surface area contributed by atoms with Gasteiger partial charge in [-0.3, -0.25) is 19.2 Å². The quantitative estimate of drug-likeness (QED) is 0.347. The van der Waals surface area contributed by atoms with E-state index in [1.807, 2.05) is 12.2 Å². The molecule has 1 aliphatic heterocycles. The van der Waals surface area contributed by atoms with Gasteiger partial charge in [0.25, 0.3) is 17.7 Å². The summed E-state index contributed by atoms with van der Waals surface area (Å²) in [7, 11) is 1.47. The first-order valence-corrected chi connectivity index (χ1v) is 11.0. The molecule has 0 spiro atoms. The number of nitrogens with zero attached hydrogens (tertiary/aromatic N) is 2. The van der Waals surface area contributed by atoms with Crippen LogP contribution in [0, 0.1) is 11.8 Å². The van der Waals surface area contributed by atoms with Gasteiger partial charge in [0.05, 0.1) is 29.0 Å². The highest BCUT2D eigenvalue weighted by molar-refractivity contribution is 6.42. The van der Waals surface area contributed by atoms with E-state index in [4.69, 9.17) is 27.9 Å². The molecule has 2 aromatic rings. The van der Waals surface area contributed by atoms with Crippen molar-refractivity contribution in [3.8, 4) is 5.75 Å². The maximum Gasteiger partial charge on any atom is 0.273 e. The van der Waals surface area contributed by atoms with E-state index in [-0.39, 0.29) is 21.2 Å². The number of hydrogen-bond donors (Lipinski definition) is 0. The minimum Gasteiger partial charge on any atom is -0.497 e. The molecular formula is C24H20Cl2N2O5. The number of fused-ring (bicyclic) bond motifs is 1. The Morgan fingerprint density at radius 2 is 1.64 bits per heavy atom. The lowest BCUT2D eigenvalue weighted by Crippen LogP contribution is -2.52. The Hall–Kier alpha value is -3.16. The number of Topliss-reactive ketones (excluding diaryl/α,β-unsaturated/α-hetero) is 1. The summed E-state index contributed by atoms with van der Waals surface area (Å²) < 4.78 is 5.16. The monoisotopic (exact) mass is 486 g/mol. The summed E-state index contributed by atoms with van der Waals surface area (Å²) in [5, 5.41) is 2.12. The van der Waals surface area contributed by atoms with E-state index in [1.54, 1.807) is 18.2 Å². The van der Waals surface area contributed by atoms with E-state index < -0.39 is 41.9 Å². The van der Waals surface area contributed by atoms with Crippen LogP contribution in [0.3, 0.4) is 0 Å². The van der Waals surface area contributed by atoms with Crippen LogP contribution < -0.4 is 4.74 Å². The number of carbonyl (C=O) groups is 4. The van der Waals surface area contributed by atoms with Crippen molar-refractivity contribution in [2.75, 3.05) is 13.7 Å². The fraction of sp³-hybridized carbons (Fsp3) is 0.250. The van der Waals surface area contributed by atoms with Gasteiger partial charge in [0, 0.05) is 11.1 Å². The zero-order chi connectivity index (χ0) is 23.7. The Labute approximate surface area is 200 Å². The molecule has 0 saturated carbocycles. The highest BCUT2D eigenvalue weighted by Gasteiger charge is 2.51. The molecule has 3 amide bonds. The number of hydrazine groups is 1. The zero-order valence-electron chi connectivity index (χ0n) is 17.7. The third kappa shape index (κ3) is 4.38. The second kappa shape index (κ2) is 9.37. The standard InChI is InChI=1S/C24H20Cl2N2O5/c1-33-16-6-4-5-14(11-16)21(29)13-27(22(30)15-9-10-19(25)20(26)12-15)28-23(31)17-7-2-3-8-18(17)24(28)32/h2-6,9-12,17-18H,7-8,13H2,1H3/t17-,18-/m0/s1. The normalized spacial score (nSPS) is 19.4. The molecule has 0 radical (unpaired) electrons. The van der Waals surface area contributed by atoms with Gasteiger partial charge < -0.3 is 4.74 Å². The summed E-state index contributed by atoms with van der Waals surface area (Å²) in [4.78, 5) is 52.9. The summed E-state index contributed by atoms with van der Waals surface area (Å²) in [6.45, 7) is -0.517. The summed E-state index contributed by atoms with van der Waals surface area (Å²) in [5.41, 5.74) is 0.371. The number of rotatable bonds is 6. The molecule has 1 heterocycles. The van der Waals surface area contributed by atoms with Gasteiger partial charge >= 0.3 is 0 Å². The topological polar surface area (TPSA) is 84.0 Å². The largest absolute Gasteiger partial charge is 0.497 e. The number of allylic oxidation sites excluding steroid dienone is 2. The lowest BCUT2D eigenvalue weighted by atomic mass is 9.85. The van der Waals surface area contributed by atoms with Gasteiger partial charge in [-0.05, 0) is 43.2 Å². The van der Waals surface area contributed by atoms with Crippen molar-refractivity contribution in [2.45, 2.75) is 12.8 Å². The van der Waals surface area contributed by atoms with E-state index in [0.717, 1.165) is 10.0 Å². The molecule has 7 nitrogen and oxygen atoms in total. The molecule has 0 aromatic heterocycles. The number of carbonyl (C=O) groups excluding carboxylic acids is 4. The first-order valence-electron chi connectivity index (χ1n) is 10.3. The van der Waals surface area contributed by atoms with Crippen LogP contribution >= 0.6 is 23.2 Å². The highest BCUT2D eigenvalue weighted by Crippen LogP contribution is 2.36. The molecule has 0 N–H and O–H groups in total. The number of benzene rings is 2. The van der Waals surface area contributed by atoms with Crippen molar-refractivity contribution in [2.24, 2.45) is 11.8 Å². The zero-order valence-corrected chi connectivity index (χ0v) is 19.2. The van der Waals surface area contributed by atoms with Crippen LogP contribution in [0.2, 0.25) is 10.0 Å². The predicted octanol–water partition coefficient (Wildman–Crippen LogP) is 4.19. The van der Waals surface area contributed by atoms with E-state index in [9.17, 15) is 19.2 Å². The second-order valence-corrected chi connectivity index (χ2v) is 8.61. The van der Waals surface area contributed by atoms with Crippen molar-refractivity contribution in [1.29, 1.82) is 0 Å². The van der Waals surface area contributed by atoms with Crippen molar-refractivity contribution in [3.05, 3.63) is 75.8 Å². The minimum absolute atomic E-state index is 0.0939. The number of ether oxygens (including phenoxy) is 1. The summed E-state index contributed by atoms with van der Waals surface area (Å²) >= 11 is 12.0. The van der Waals surface area contributed by atoms with Crippen LogP contribution in [-0.2, 0) is 9.59 Å². The smallest absolute Gasteiger partial charge is 0.273 e. The Bertz CT molecular complexity index is 1150. The number of ketones is 1. The molecule has 33 heavy (non-hydrogen) atoms. The molecular weight excluding hydrogens is 467 g/mol. The first kappa shape index (κ1) is 23.0. The van der Waals surface area contributed by atoms with Crippen molar-refractivity contribution in [3.63, 3.8) is 0 Å². The third-order valence-corrected chi connectivity index (χ3v) is 6.55. The Kier molecular flexibility index (Phi) is 6.54. The molecule has 0 bridgehead atoms. The average Bonchev–Trinajstić information content (AvgIpc) is 3.08. The number of hydrogen-bond acceptors (Lipinski definition) is 5. The van der Waals surface area contributed by atoms with Crippen LogP contribution in [0.25, 0.3) is 0 Å². The maximum atomic E-state index is 13.5. The molecule has 1 aliphatic carbocycles. The fourth-order valence-electron chi connectivity index (χ4n) is 4.06. The van der Waals surface area contributed by atoms with Crippen LogP contribution in [0.4, 0.5) is 0 Å². The van der Waals surface area contributed by atoms with Crippen molar-refractivity contribution in [1.82, 2.24) is 10.0 Å². The minimum atomic E-state index is -0.710. The maximum absolute atomic E-state index is 13.5. The molecule has 2 aliphatic rings. The summed E-state index contributed by atoms with van der Waals surface area (Å²) in [5.74, 6) is -2.82. The summed E-state index contributed by atoms with van der Waals surface area (Å²) in [6, 6.07) is 10.6. The van der Waals surface area contributed by atoms with Gasteiger partial charge in [0.15, 0.2) is 5.78 Å². The molecule has 9 heteroatoms. The van der Waals surface area contributed by atoms with Crippen LogP contribution in [0.1, 0.15) is 33.6 Å². The molecule has 2 aromatic carbocycles. The lowest BCUT2D eigenvalue weighted by Gasteiger charge is -2.30. The molecule has 2 atom stereocenters. The van der Waals surface area contributed by atoms with Gasteiger partial charge in [-0.25, -0.2) is 5.01 Å². The Morgan fingerprint density at radius 1 is 0.970 bits per heavy atom. The number of methoxy groups -OCH3 is 1. The van der Waals surface area contributed by atoms with Crippen LogP contribution in [0.5, 0.6) is 5.75 Å². The Balaban J connectivity index is 1.71. The van der Waals surface area contributed by atoms with Crippen molar-refractivity contribution < 1.29 is 23.9 Å². The average molecular weight is 487 g/mol. The van der Waals surface area contributed by atoms with Crippen LogP contribution in [-0.4, -0.2) is 47.2 Å². The van der Waals surface area contributed by atoms with Gasteiger partial charge in [-0.15, -0.1) is 0 Å². The number of imide groups is 1. The molecule has 4 rings (SSSR count). The lowest BCUT2D eigenvalue weighted by molar-refractivity contribution is -0.154. The van der Waals surface area contributed by atoms with Crippen molar-refractivity contribution >= 4 is 46.7 Å². The molecule has 1 fully saturated rings. The van der Waals surface area contributed by atoms with E-state index >= 15 is 0 Å². The van der Waals surface area contributed by atoms with Gasteiger partial charge in [-0.1, -0.05) is 47.5 Å². The molecule has 170 valence electrons. The predicted molar refractivity (Wildman–Crippen MR) is 122 cm³/mol. The molecule has 0 unspecified atom stereocenters. The Morgan fingerprint density at radius 3 is 2.24 bits per heavy atom. The number of amides is 3. The van der Waals surface area contributed by atoms with E-state index in [0.29, 0.717) is 18.6 Å². The van der Waals surface area contributed by atoms with Crippen LogP contribution in [0.15, 0.2) is 54.6 Å². The second-order valence-electron chi connectivity index (χ2n) is 7.79. The summed E-state index contributed by atoms with van der Waals surface area (Å²) in [6.07, 6.45) is 4.51. The SMILES string of the molecule is COc1cccc(C(=O)CN(C(=O)c2ccc(Cl)c(Cl)c2)N2C(=O)[C@H]3CC=CC[C@@H]3C2=O)c1. The third-order valence-electron chi connectivity index (χ3n) is 5.81. The number of halogens is 2. The first-order chi connectivity index (χ1) is 15.8. The van der Waals surface area contributed by atoms with Gasteiger partial charge in [-0.2, -0.15) is 5.01 Å². The van der Waals surface area contributed by atoms with Gasteiger partial charge in [0.1, 0.15) is 12.3 Å². The highest BCUT2D eigenvalue weighted by atomic mass is 35.5. The van der Waals surface area contributed by atoms with Gasteiger partial charge in [0.2, 0.25) is 0 Å². The fourth-order valence-corrected chi connectivity index (χ4v) is 4.35. The van der Waals surface area contributed by atoms with E-state index in [2.05, 4.69) is 0 Å². The molecule has 1 saturated heterocycles.